The molecule has 2 aromatic carbocycles. The van der Waals surface area contributed by atoms with Crippen molar-refractivity contribution in [2.75, 3.05) is 0 Å². The van der Waals surface area contributed by atoms with E-state index in [0.29, 0.717) is 0 Å². The molecule has 0 heterocycles. The Morgan fingerprint density at radius 1 is 0.938 bits per heavy atom. The standard InChI is InChI=1S/C13H11BrO2/c14-13(9-4-2-1-3-5-9)11-7-6-10(15)8-12(11)16/h1-8,13,15-16H. The predicted molar refractivity (Wildman–Crippen MR) is 67.0 cm³/mol. The van der Waals surface area contributed by atoms with Gasteiger partial charge in [-0.2, -0.15) is 0 Å². The number of phenolic OH excluding ortho intramolecular Hbond substituents is 2. The molecule has 0 radical (unpaired) electrons. The van der Waals surface area contributed by atoms with Gasteiger partial charge in [-0.15, -0.1) is 0 Å². The minimum absolute atomic E-state index is 0.0639. The summed E-state index contributed by atoms with van der Waals surface area (Å²) < 4.78 is 0. The highest BCUT2D eigenvalue weighted by molar-refractivity contribution is 9.09. The summed E-state index contributed by atoms with van der Waals surface area (Å²) in [6.07, 6.45) is 0. The molecule has 2 nitrogen and oxygen atoms in total. The minimum atomic E-state index is -0.0747. The van der Waals surface area contributed by atoms with Gasteiger partial charge >= 0.3 is 0 Å². The van der Waals surface area contributed by atoms with Crippen LogP contribution in [0.15, 0.2) is 48.5 Å². The number of halogens is 1. The molecular formula is C13H11BrO2. The molecule has 1 atom stereocenters. The lowest BCUT2D eigenvalue weighted by atomic mass is 10.0. The van der Waals surface area contributed by atoms with Crippen LogP contribution in [0, 0.1) is 0 Å². The van der Waals surface area contributed by atoms with Crippen molar-refractivity contribution in [3.8, 4) is 11.5 Å². The second-order valence-electron chi connectivity index (χ2n) is 3.52. The van der Waals surface area contributed by atoms with Crippen molar-refractivity contribution in [3.05, 3.63) is 59.7 Å². The first-order valence-electron chi connectivity index (χ1n) is 4.89. The maximum Gasteiger partial charge on any atom is 0.123 e. The van der Waals surface area contributed by atoms with Crippen molar-refractivity contribution in [2.24, 2.45) is 0 Å². The van der Waals surface area contributed by atoms with Gasteiger partial charge in [0.25, 0.3) is 0 Å². The topological polar surface area (TPSA) is 40.5 Å². The quantitative estimate of drug-likeness (QED) is 0.825. The van der Waals surface area contributed by atoms with E-state index < -0.39 is 0 Å². The molecule has 0 saturated carbocycles. The lowest BCUT2D eigenvalue weighted by molar-refractivity contribution is 0.447. The molecule has 82 valence electrons. The molecule has 2 N–H and O–H groups in total. The third-order valence-electron chi connectivity index (χ3n) is 2.38. The van der Waals surface area contributed by atoms with Gasteiger partial charge in [0.05, 0.1) is 4.83 Å². The summed E-state index contributed by atoms with van der Waals surface area (Å²) in [7, 11) is 0. The van der Waals surface area contributed by atoms with Gasteiger partial charge < -0.3 is 10.2 Å². The van der Waals surface area contributed by atoms with E-state index >= 15 is 0 Å². The summed E-state index contributed by atoms with van der Waals surface area (Å²) in [6.45, 7) is 0. The fraction of sp³-hybridized carbons (Fsp3) is 0.0769. The first kappa shape index (κ1) is 11.0. The Kier molecular flexibility index (Phi) is 3.15. The fourth-order valence-electron chi connectivity index (χ4n) is 1.55. The highest BCUT2D eigenvalue weighted by Crippen LogP contribution is 2.37. The number of phenols is 2. The lowest BCUT2D eigenvalue weighted by Crippen LogP contribution is -1.92. The van der Waals surface area contributed by atoms with E-state index in [4.69, 9.17) is 0 Å². The molecule has 0 saturated heterocycles. The maximum absolute atomic E-state index is 9.73. The van der Waals surface area contributed by atoms with E-state index in [0.717, 1.165) is 11.1 Å². The molecule has 0 aliphatic rings. The molecule has 2 rings (SSSR count). The molecule has 0 aliphatic carbocycles. The molecule has 0 aliphatic heterocycles. The van der Waals surface area contributed by atoms with E-state index in [9.17, 15) is 10.2 Å². The van der Waals surface area contributed by atoms with Gasteiger partial charge in [0.15, 0.2) is 0 Å². The number of hydrogen-bond donors (Lipinski definition) is 2. The van der Waals surface area contributed by atoms with E-state index in [2.05, 4.69) is 15.9 Å². The van der Waals surface area contributed by atoms with Crippen molar-refractivity contribution in [2.45, 2.75) is 4.83 Å². The largest absolute Gasteiger partial charge is 0.508 e. The first-order valence-corrected chi connectivity index (χ1v) is 5.81. The summed E-state index contributed by atoms with van der Waals surface area (Å²) in [5.74, 6) is 0.153. The van der Waals surface area contributed by atoms with Crippen LogP contribution in [-0.4, -0.2) is 10.2 Å². The first-order chi connectivity index (χ1) is 7.68. The summed E-state index contributed by atoms with van der Waals surface area (Å²) >= 11 is 3.53. The van der Waals surface area contributed by atoms with Crippen molar-refractivity contribution < 1.29 is 10.2 Å². The monoisotopic (exact) mass is 278 g/mol. The zero-order valence-corrected chi connectivity index (χ0v) is 10.1. The summed E-state index contributed by atoms with van der Waals surface area (Å²) in [5, 5.41) is 18.9. The molecule has 0 amide bonds. The number of benzene rings is 2. The third-order valence-corrected chi connectivity index (χ3v) is 3.40. The van der Waals surface area contributed by atoms with Crippen molar-refractivity contribution in [1.29, 1.82) is 0 Å². The van der Waals surface area contributed by atoms with Crippen molar-refractivity contribution in [3.63, 3.8) is 0 Å². The Morgan fingerprint density at radius 2 is 1.62 bits per heavy atom. The van der Waals surface area contributed by atoms with Crippen molar-refractivity contribution >= 4 is 15.9 Å². The molecule has 0 fully saturated rings. The highest BCUT2D eigenvalue weighted by Gasteiger charge is 2.14. The van der Waals surface area contributed by atoms with Crippen LogP contribution in [0.25, 0.3) is 0 Å². The lowest BCUT2D eigenvalue weighted by Gasteiger charge is -2.12. The highest BCUT2D eigenvalue weighted by atomic mass is 79.9. The summed E-state index contributed by atoms with van der Waals surface area (Å²) in [5.41, 5.74) is 1.80. The average molecular weight is 279 g/mol. The van der Waals surface area contributed by atoms with Crippen LogP contribution < -0.4 is 0 Å². The van der Waals surface area contributed by atoms with E-state index in [1.54, 1.807) is 12.1 Å². The molecule has 0 aromatic heterocycles. The Morgan fingerprint density at radius 3 is 2.25 bits per heavy atom. The molecule has 16 heavy (non-hydrogen) atoms. The number of hydrogen-bond acceptors (Lipinski definition) is 2. The van der Waals surface area contributed by atoms with E-state index in [-0.39, 0.29) is 16.3 Å². The Bertz CT molecular complexity index is 483. The van der Waals surface area contributed by atoms with Gasteiger partial charge in [0, 0.05) is 11.6 Å². The van der Waals surface area contributed by atoms with Gasteiger partial charge in [-0.1, -0.05) is 52.3 Å². The SMILES string of the molecule is Oc1ccc(C(Br)c2ccccc2)c(O)c1. The molecule has 0 spiro atoms. The number of aromatic hydroxyl groups is 2. The van der Waals surface area contributed by atoms with Crippen molar-refractivity contribution in [1.82, 2.24) is 0 Å². The van der Waals surface area contributed by atoms with Crippen LogP contribution in [0.3, 0.4) is 0 Å². The second kappa shape index (κ2) is 4.58. The Labute approximate surface area is 102 Å². The molecule has 0 bridgehead atoms. The molecular weight excluding hydrogens is 268 g/mol. The molecule has 3 heteroatoms. The number of rotatable bonds is 2. The van der Waals surface area contributed by atoms with Crippen LogP contribution in [-0.2, 0) is 0 Å². The third kappa shape index (κ3) is 2.19. The molecule has 2 aromatic rings. The van der Waals surface area contributed by atoms with Gasteiger partial charge in [-0.3, -0.25) is 0 Å². The number of alkyl halides is 1. The normalized spacial score (nSPS) is 12.3. The zero-order chi connectivity index (χ0) is 11.5. The van der Waals surface area contributed by atoms with Gasteiger partial charge in [0.1, 0.15) is 11.5 Å². The smallest absolute Gasteiger partial charge is 0.123 e. The van der Waals surface area contributed by atoms with E-state index in [1.807, 2.05) is 30.3 Å². The Hall–Kier alpha value is -1.48. The Balaban J connectivity index is 2.38. The van der Waals surface area contributed by atoms with Gasteiger partial charge in [-0.05, 0) is 11.6 Å². The maximum atomic E-state index is 9.73. The van der Waals surface area contributed by atoms with Crippen LogP contribution in [0.5, 0.6) is 11.5 Å². The second-order valence-corrected chi connectivity index (χ2v) is 4.43. The molecule has 1 unspecified atom stereocenters. The van der Waals surface area contributed by atoms with Gasteiger partial charge in [0.2, 0.25) is 0 Å². The zero-order valence-electron chi connectivity index (χ0n) is 8.47. The fourth-order valence-corrected chi connectivity index (χ4v) is 2.24. The summed E-state index contributed by atoms with van der Waals surface area (Å²) in [4.78, 5) is -0.0747. The van der Waals surface area contributed by atoms with Gasteiger partial charge in [-0.25, -0.2) is 0 Å². The average Bonchev–Trinajstić information content (AvgIpc) is 2.29. The van der Waals surface area contributed by atoms with E-state index in [1.165, 1.54) is 6.07 Å². The van der Waals surface area contributed by atoms with Crippen LogP contribution >= 0.6 is 15.9 Å². The predicted octanol–water partition coefficient (Wildman–Crippen LogP) is 3.58. The minimum Gasteiger partial charge on any atom is -0.508 e. The van der Waals surface area contributed by atoms with Crippen LogP contribution in [0.4, 0.5) is 0 Å². The van der Waals surface area contributed by atoms with Crippen LogP contribution in [0.1, 0.15) is 16.0 Å². The van der Waals surface area contributed by atoms with Crippen LogP contribution in [0.2, 0.25) is 0 Å². The summed E-state index contributed by atoms with van der Waals surface area (Å²) in [6, 6.07) is 14.4.